The van der Waals surface area contributed by atoms with Crippen molar-refractivity contribution in [2.75, 3.05) is 32.7 Å². The van der Waals surface area contributed by atoms with Crippen LogP contribution >= 0.6 is 11.3 Å². The van der Waals surface area contributed by atoms with Crippen LogP contribution in [0.4, 0.5) is 0 Å². The number of carbonyl (C=O) groups excluding carboxylic acids is 1. The van der Waals surface area contributed by atoms with E-state index in [-0.39, 0.29) is 12.5 Å². The van der Waals surface area contributed by atoms with Crippen LogP contribution in [0.5, 0.6) is 0 Å². The zero-order valence-electron chi connectivity index (χ0n) is 18.5. The van der Waals surface area contributed by atoms with E-state index in [0.717, 1.165) is 37.9 Å². The summed E-state index contributed by atoms with van der Waals surface area (Å²) in [6.07, 6.45) is 3.15. The van der Waals surface area contributed by atoms with Gasteiger partial charge in [0.15, 0.2) is 5.96 Å². The Hall–Kier alpha value is -2.38. The molecule has 1 saturated heterocycles. The van der Waals surface area contributed by atoms with E-state index in [1.807, 2.05) is 34.7 Å². The molecule has 1 aliphatic rings. The number of rotatable bonds is 8. The number of thiophene rings is 1. The van der Waals surface area contributed by atoms with Gasteiger partial charge >= 0.3 is 0 Å². The maximum atomic E-state index is 12.7. The van der Waals surface area contributed by atoms with Crippen LogP contribution in [0.1, 0.15) is 37.8 Å². The normalized spacial score (nSPS) is 17.3. The lowest BCUT2D eigenvalue weighted by atomic mass is 9.90. The van der Waals surface area contributed by atoms with E-state index in [9.17, 15) is 9.90 Å². The minimum atomic E-state index is -0.999. The summed E-state index contributed by atoms with van der Waals surface area (Å²) in [5, 5.41) is 20.9. The lowest BCUT2D eigenvalue weighted by Gasteiger charge is -2.32. The van der Waals surface area contributed by atoms with Crippen molar-refractivity contribution in [1.82, 2.24) is 15.5 Å². The Balaban J connectivity index is 1.46. The SMILES string of the molecule is CCNC(=NCC(=O)N1CCC(Cc2ccccc2)CC1)NCC(C)(O)c1ccsc1. The molecule has 31 heavy (non-hydrogen) atoms. The first-order valence-electron chi connectivity index (χ1n) is 11.1. The second-order valence-electron chi connectivity index (χ2n) is 8.35. The van der Waals surface area contributed by atoms with Gasteiger partial charge in [-0.05, 0) is 67.0 Å². The van der Waals surface area contributed by atoms with Gasteiger partial charge in [-0.15, -0.1) is 0 Å². The number of benzene rings is 1. The summed E-state index contributed by atoms with van der Waals surface area (Å²) in [5.41, 5.74) is 1.24. The van der Waals surface area contributed by atoms with Crippen LogP contribution in [-0.4, -0.2) is 54.6 Å². The van der Waals surface area contributed by atoms with E-state index in [1.54, 1.807) is 18.3 Å². The van der Waals surface area contributed by atoms with Crippen molar-refractivity contribution in [1.29, 1.82) is 0 Å². The number of piperidine rings is 1. The van der Waals surface area contributed by atoms with E-state index in [1.165, 1.54) is 5.56 Å². The summed E-state index contributed by atoms with van der Waals surface area (Å²) in [6.45, 7) is 6.45. The van der Waals surface area contributed by atoms with E-state index in [2.05, 4.69) is 39.9 Å². The van der Waals surface area contributed by atoms with Gasteiger partial charge in [0.05, 0.1) is 6.54 Å². The van der Waals surface area contributed by atoms with Crippen molar-refractivity contribution in [2.45, 2.75) is 38.7 Å². The summed E-state index contributed by atoms with van der Waals surface area (Å²) >= 11 is 1.56. The Morgan fingerprint density at radius 2 is 1.97 bits per heavy atom. The fourth-order valence-corrected chi connectivity index (χ4v) is 4.63. The van der Waals surface area contributed by atoms with Crippen LogP contribution in [0, 0.1) is 5.92 Å². The zero-order valence-corrected chi connectivity index (χ0v) is 19.3. The fourth-order valence-electron chi connectivity index (χ4n) is 3.85. The van der Waals surface area contributed by atoms with Gasteiger partial charge in [-0.3, -0.25) is 4.79 Å². The molecule has 2 aromatic rings. The number of aliphatic hydroxyl groups is 1. The van der Waals surface area contributed by atoms with Crippen LogP contribution < -0.4 is 10.6 Å². The maximum Gasteiger partial charge on any atom is 0.244 e. The topological polar surface area (TPSA) is 77.0 Å². The van der Waals surface area contributed by atoms with E-state index in [0.29, 0.717) is 25.0 Å². The molecular formula is C24H34N4O2S. The number of nitrogens with zero attached hydrogens (tertiary/aromatic N) is 2. The average Bonchev–Trinajstić information content (AvgIpc) is 3.33. The minimum absolute atomic E-state index is 0.0555. The van der Waals surface area contributed by atoms with E-state index < -0.39 is 5.60 Å². The monoisotopic (exact) mass is 442 g/mol. The Labute approximate surface area is 189 Å². The maximum absolute atomic E-state index is 12.7. The molecule has 1 aliphatic heterocycles. The summed E-state index contributed by atoms with van der Waals surface area (Å²) in [6, 6.07) is 12.5. The third-order valence-corrected chi connectivity index (χ3v) is 6.48. The van der Waals surface area contributed by atoms with E-state index in [4.69, 9.17) is 0 Å². The molecule has 0 bridgehead atoms. The van der Waals surface area contributed by atoms with Crippen molar-refractivity contribution >= 4 is 23.2 Å². The average molecular weight is 443 g/mol. The summed E-state index contributed by atoms with van der Waals surface area (Å²) in [4.78, 5) is 19.1. The van der Waals surface area contributed by atoms with Gasteiger partial charge in [0, 0.05) is 19.6 Å². The standard InChI is InChI=1S/C24H34N4O2S/c1-3-25-23(27-18-24(2,30)21-11-14-31-17-21)26-16-22(29)28-12-9-20(10-13-28)15-19-7-5-4-6-8-19/h4-8,11,14,17,20,30H,3,9-10,12-13,15-16,18H2,1-2H3,(H2,25,26,27). The molecule has 0 saturated carbocycles. The molecule has 3 N–H and O–H groups in total. The largest absolute Gasteiger partial charge is 0.384 e. The van der Waals surface area contributed by atoms with Gasteiger partial charge in [0.25, 0.3) is 0 Å². The van der Waals surface area contributed by atoms with Crippen LogP contribution in [0.3, 0.4) is 0 Å². The number of guanidine groups is 1. The number of likely N-dealkylation sites (tertiary alicyclic amines) is 1. The molecular weight excluding hydrogens is 408 g/mol. The highest BCUT2D eigenvalue weighted by atomic mass is 32.1. The highest BCUT2D eigenvalue weighted by molar-refractivity contribution is 7.08. The first-order chi connectivity index (χ1) is 15.0. The molecule has 6 nitrogen and oxygen atoms in total. The number of carbonyl (C=O) groups is 1. The quantitative estimate of drug-likeness (QED) is 0.434. The Morgan fingerprint density at radius 3 is 2.61 bits per heavy atom. The summed E-state index contributed by atoms with van der Waals surface area (Å²) < 4.78 is 0. The number of amides is 1. The smallest absolute Gasteiger partial charge is 0.244 e. The van der Waals surface area contributed by atoms with Crippen LogP contribution in [0.25, 0.3) is 0 Å². The third kappa shape index (κ3) is 7.08. The highest BCUT2D eigenvalue weighted by Crippen LogP contribution is 2.23. The van der Waals surface area contributed by atoms with Crippen LogP contribution in [0.2, 0.25) is 0 Å². The minimum Gasteiger partial charge on any atom is -0.384 e. The predicted molar refractivity (Wildman–Crippen MR) is 127 cm³/mol. The molecule has 0 spiro atoms. The van der Waals surface area contributed by atoms with Gasteiger partial charge in [0.1, 0.15) is 12.1 Å². The zero-order chi connectivity index (χ0) is 22.1. The number of aliphatic imine (C=N–C) groups is 1. The molecule has 1 fully saturated rings. The second kappa shape index (κ2) is 11.3. The fraction of sp³-hybridized carbons (Fsp3) is 0.500. The number of nitrogens with one attached hydrogen (secondary N) is 2. The molecule has 1 amide bonds. The Morgan fingerprint density at radius 1 is 1.23 bits per heavy atom. The Kier molecular flexibility index (Phi) is 8.49. The number of hydrogen-bond acceptors (Lipinski definition) is 4. The van der Waals surface area contributed by atoms with Crippen molar-refractivity contribution < 1.29 is 9.90 Å². The molecule has 0 radical (unpaired) electrons. The molecule has 0 aliphatic carbocycles. The van der Waals surface area contributed by atoms with E-state index >= 15 is 0 Å². The van der Waals surface area contributed by atoms with Crippen LogP contribution in [0.15, 0.2) is 52.2 Å². The Bertz CT molecular complexity index is 829. The molecule has 7 heteroatoms. The lowest BCUT2D eigenvalue weighted by Crippen LogP contribution is -2.45. The first kappa shape index (κ1) is 23.3. The lowest BCUT2D eigenvalue weighted by molar-refractivity contribution is -0.130. The summed E-state index contributed by atoms with van der Waals surface area (Å²) in [5.74, 6) is 1.23. The molecule has 168 valence electrons. The van der Waals surface area contributed by atoms with Gasteiger partial charge in [-0.1, -0.05) is 30.3 Å². The van der Waals surface area contributed by atoms with Gasteiger partial charge in [-0.25, -0.2) is 4.99 Å². The number of hydrogen-bond donors (Lipinski definition) is 3. The molecule has 1 aromatic carbocycles. The van der Waals surface area contributed by atoms with Gasteiger partial charge in [0.2, 0.25) is 5.91 Å². The molecule has 3 rings (SSSR count). The molecule has 1 unspecified atom stereocenters. The predicted octanol–water partition coefficient (Wildman–Crippen LogP) is 2.99. The van der Waals surface area contributed by atoms with Gasteiger partial charge < -0.3 is 20.6 Å². The van der Waals surface area contributed by atoms with Crippen molar-refractivity contribution in [3.05, 3.63) is 58.3 Å². The third-order valence-electron chi connectivity index (χ3n) is 5.79. The molecule has 1 atom stereocenters. The van der Waals surface area contributed by atoms with Crippen molar-refractivity contribution in [3.63, 3.8) is 0 Å². The first-order valence-corrected chi connectivity index (χ1v) is 12.0. The summed E-state index contributed by atoms with van der Waals surface area (Å²) in [7, 11) is 0. The molecule has 1 aromatic heterocycles. The van der Waals surface area contributed by atoms with Crippen molar-refractivity contribution in [2.24, 2.45) is 10.9 Å². The van der Waals surface area contributed by atoms with Crippen LogP contribution in [-0.2, 0) is 16.8 Å². The second-order valence-corrected chi connectivity index (χ2v) is 9.13. The van der Waals surface area contributed by atoms with Crippen molar-refractivity contribution in [3.8, 4) is 0 Å². The highest BCUT2D eigenvalue weighted by Gasteiger charge is 2.25. The van der Waals surface area contributed by atoms with Gasteiger partial charge in [-0.2, -0.15) is 11.3 Å². The molecule has 2 heterocycles.